The van der Waals surface area contributed by atoms with Crippen LogP contribution in [-0.4, -0.2) is 18.6 Å². The van der Waals surface area contributed by atoms with Crippen molar-refractivity contribution in [3.8, 4) is 5.75 Å². The predicted molar refractivity (Wildman–Crippen MR) is 65.7 cm³/mol. The van der Waals surface area contributed by atoms with Crippen molar-refractivity contribution in [3.63, 3.8) is 0 Å². The van der Waals surface area contributed by atoms with E-state index in [1.54, 1.807) is 0 Å². The minimum atomic E-state index is 0.00438. The van der Waals surface area contributed by atoms with Gasteiger partial charge in [0, 0.05) is 12.5 Å². The summed E-state index contributed by atoms with van der Waals surface area (Å²) in [5.41, 5.74) is 6.86. The molecule has 0 aromatic heterocycles. The lowest BCUT2D eigenvalue weighted by molar-refractivity contribution is -0.119. The summed E-state index contributed by atoms with van der Waals surface area (Å²) in [6.07, 6.45) is 1.46. The quantitative estimate of drug-likeness (QED) is 0.826. The molecule has 4 nitrogen and oxygen atoms in total. The summed E-state index contributed by atoms with van der Waals surface area (Å²) in [6.45, 7) is 2.46. The lowest BCUT2D eigenvalue weighted by Gasteiger charge is -2.13. The second kappa shape index (κ2) is 5.19. The third kappa shape index (κ3) is 3.20. The molecule has 0 bridgehead atoms. The SMILES string of the molecule is C[C@H](N)c1cccc(OCC2CCC(=O)N2)c1. The van der Waals surface area contributed by atoms with Crippen molar-refractivity contribution in [2.24, 2.45) is 5.73 Å². The summed E-state index contributed by atoms with van der Waals surface area (Å²) in [5, 5.41) is 2.87. The van der Waals surface area contributed by atoms with Gasteiger partial charge in [0.15, 0.2) is 0 Å². The first-order valence-corrected chi connectivity index (χ1v) is 5.93. The third-order valence-electron chi connectivity index (χ3n) is 2.92. The number of carbonyl (C=O) groups excluding carboxylic acids is 1. The van der Waals surface area contributed by atoms with Crippen LogP contribution >= 0.6 is 0 Å². The van der Waals surface area contributed by atoms with E-state index in [2.05, 4.69) is 5.32 Å². The number of rotatable bonds is 4. The molecule has 4 heteroatoms. The van der Waals surface area contributed by atoms with Gasteiger partial charge in [0.2, 0.25) is 5.91 Å². The van der Waals surface area contributed by atoms with E-state index >= 15 is 0 Å². The summed E-state index contributed by atoms with van der Waals surface area (Å²) in [5.74, 6) is 0.920. The molecule has 0 aliphatic carbocycles. The Bertz CT molecular complexity index is 404. The molecule has 1 unspecified atom stereocenters. The van der Waals surface area contributed by atoms with E-state index in [0.717, 1.165) is 17.7 Å². The number of hydrogen-bond acceptors (Lipinski definition) is 3. The molecule has 1 saturated heterocycles. The topological polar surface area (TPSA) is 64.3 Å². The highest BCUT2D eigenvalue weighted by Gasteiger charge is 2.20. The number of ether oxygens (including phenoxy) is 1. The molecule has 1 aromatic carbocycles. The molecule has 17 heavy (non-hydrogen) atoms. The molecular formula is C13H18N2O2. The molecule has 1 aliphatic rings. The Kier molecular flexibility index (Phi) is 3.64. The van der Waals surface area contributed by atoms with Crippen LogP contribution in [0.3, 0.4) is 0 Å². The standard InChI is InChI=1S/C13H18N2O2/c1-9(14)10-3-2-4-12(7-10)17-8-11-5-6-13(16)15-11/h2-4,7,9,11H,5-6,8,14H2,1H3,(H,15,16)/t9-,11?/m0/s1. The van der Waals surface area contributed by atoms with Gasteiger partial charge in [0.25, 0.3) is 0 Å². The van der Waals surface area contributed by atoms with E-state index in [-0.39, 0.29) is 18.0 Å². The van der Waals surface area contributed by atoms with E-state index < -0.39 is 0 Å². The summed E-state index contributed by atoms with van der Waals surface area (Å²) in [4.78, 5) is 11.0. The molecule has 1 fully saturated rings. The second-order valence-electron chi connectivity index (χ2n) is 4.48. The number of amides is 1. The fraction of sp³-hybridized carbons (Fsp3) is 0.462. The van der Waals surface area contributed by atoms with E-state index in [1.807, 2.05) is 31.2 Å². The van der Waals surface area contributed by atoms with Crippen LogP contribution in [0.2, 0.25) is 0 Å². The highest BCUT2D eigenvalue weighted by molar-refractivity contribution is 5.78. The first-order chi connectivity index (χ1) is 8.15. The molecule has 3 N–H and O–H groups in total. The Morgan fingerprint density at radius 1 is 1.59 bits per heavy atom. The number of carbonyl (C=O) groups is 1. The van der Waals surface area contributed by atoms with E-state index in [4.69, 9.17) is 10.5 Å². The van der Waals surface area contributed by atoms with Crippen LogP contribution in [0.1, 0.15) is 31.4 Å². The molecule has 92 valence electrons. The van der Waals surface area contributed by atoms with Crippen molar-refractivity contribution < 1.29 is 9.53 Å². The summed E-state index contributed by atoms with van der Waals surface area (Å²) >= 11 is 0. The van der Waals surface area contributed by atoms with Crippen LogP contribution in [0.15, 0.2) is 24.3 Å². The largest absolute Gasteiger partial charge is 0.491 e. The van der Waals surface area contributed by atoms with E-state index in [0.29, 0.717) is 13.0 Å². The lowest BCUT2D eigenvalue weighted by Crippen LogP contribution is -2.30. The van der Waals surface area contributed by atoms with Crippen LogP contribution in [0.5, 0.6) is 5.75 Å². The zero-order chi connectivity index (χ0) is 12.3. The minimum Gasteiger partial charge on any atom is -0.491 e. The van der Waals surface area contributed by atoms with Crippen LogP contribution in [0, 0.1) is 0 Å². The third-order valence-corrected chi connectivity index (χ3v) is 2.92. The van der Waals surface area contributed by atoms with Gasteiger partial charge in [-0.2, -0.15) is 0 Å². The van der Waals surface area contributed by atoms with E-state index in [9.17, 15) is 4.79 Å². The average molecular weight is 234 g/mol. The number of hydrogen-bond donors (Lipinski definition) is 2. The Morgan fingerprint density at radius 3 is 3.06 bits per heavy atom. The van der Waals surface area contributed by atoms with Gasteiger partial charge in [-0.1, -0.05) is 12.1 Å². The van der Waals surface area contributed by atoms with Crippen LogP contribution in [-0.2, 0) is 4.79 Å². The van der Waals surface area contributed by atoms with Crippen LogP contribution in [0.4, 0.5) is 0 Å². The number of nitrogens with one attached hydrogen (secondary N) is 1. The Balaban J connectivity index is 1.90. The zero-order valence-electron chi connectivity index (χ0n) is 9.98. The minimum absolute atomic E-state index is 0.00438. The Hall–Kier alpha value is -1.55. The molecule has 2 atom stereocenters. The van der Waals surface area contributed by atoms with Gasteiger partial charge in [-0.05, 0) is 31.0 Å². The summed E-state index contributed by atoms with van der Waals surface area (Å²) in [6, 6.07) is 7.91. The molecule has 1 amide bonds. The monoisotopic (exact) mass is 234 g/mol. The maximum atomic E-state index is 11.0. The number of benzene rings is 1. The van der Waals surface area contributed by atoms with Crippen molar-refractivity contribution in [1.82, 2.24) is 5.32 Å². The number of nitrogens with two attached hydrogens (primary N) is 1. The molecular weight excluding hydrogens is 216 g/mol. The molecule has 0 spiro atoms. The molecule has 1 aromatic rings. The lowest BCUT2D eigenvalue weighted by atomic mass is 10.1. The van der Waals surface area contributed by atoms with Crippen molar-refractivity contribution in [1.29, 1.82) is 0 Å². The Morgan fingerprint density at radius 2 is 2.41 bits per heavy atom. The fourth-order valence-electron chi connectivity index (χ4n) is 1.89. The smallest absolute Gasteiger partial charge is 0.220 e. The van der Waals surface area contributed by atoms with Gasteiger partial charge in [-0.15, -0.1) is 0 Å². The van der Waals surface area contributed by atoms with Crippen molar-refractivity contribution >= 4 is 5.91 Å². The highest BCUT2D eigenvalue weighted by Crippen LogP contribution is 2.18. The van der Waals surface area contributed by atoms with Gasteiger partial charge in [-0.3, -0.25) is 4.79 Å². The highest BCUT2D eigenvalue weighted by atomic mass is 16.5. The van der Waals surface area contributed by atoms with Crippen molar-refractivity contribution in [2.45, 2.75) is 31.8 Å². The fourth-order valence-corrected chi connectivity index (χ4v) is 1.89. The predicted octanol–water partition coefficient (Wildman–Crippen LogP) is 1.36. The summed E-state index contributed by atoms with van der Waals surface area (Å²) < 4.78 is 5.66. The van der Waals surface area contributed by atoms with Crippen molar-refractivity contribution in [3.05, 3.63) is 29.8 Å². The van der Waals surface area contributed by atoms with E-state index in [1.165, 1.54) is 0 Å². The molecule has 0 saturated carbocycles. The zero-order valence-corrected chi connectivity index (χ0v) is 9.98. The summed E-state index contributed by atoms with van der Waals surface area (Å²) in [7, 11) is 0. The second-order valence-corrected chi connectivity index (χ2v) is 4.48. The molecule has 0 radical (unpaired) electrons. The van der Waals surface area contributed by atoms with Gasteiger partial charge >= 0.3 is 0 Å². The normalized spacial score (nSPS) is 21.1. The maximum Gasteiger partial charge on any atom is 0.220 e. The van der Waals surface area contributed by atoms with Crippen LogP contribution < -0.4 is 15.8 Å². The van der Waals surface area contributed by atoms with Gasteiger partial charge in [-0.25, -0.2) is 0 Å². The first kappa shape index (κ1) is 11.9. The molecule has 1 heterocycles. The molecule has 1 aliphatic heterocycles. The Labute approximate surface area is 101 Å². The average Bonchev–Trinajstić information content (AvgIpc) is 2.73. The van der Waals surface area contributed by atoms with Gasteiger partial charge in [0.05, 0.1) is 6.04 Å². The maximum absolute atomic E-state index is 11.0. The molecule has 2 rings (SSSR count). The van der Waals surface area contributed by atoms with Gasteiger partial charge < -0.3 is 15.8 Å². The van der Waals surface area contributed by atoms with Crippen molar-refractivity contribution in [2.75, 3.05) is 6.61 Å². The first-order valence-electron chi connectivity index (χ1n) is 5.93. The van der Waals surface area contributed by atoms with Gasteiger partial charge in [0.1, 0.15) is 12.4 Å². The van der Waals surface area contributed by atoms with Crippen LogP contribution in [0.25, 0.3) is 0 Å².